The van der Waals surface area contributed by atoms with Gasteiger partial charge in [-0.25, -0.2) is 9.59 Å². The molecule has 0 spiro atoms. The van der Waals surface area contributed by atoms with Crippen LogP contribution in [0.15, 0.2) is 41.6 Å². The molecule has 208 valence electrons. The van der Waals surface area contributed by atoms with E-state index in [4.69, 9.17) is 4.74 Å². The van der Waals surface area contributed by atoms with Crippen molar-refractivity contribution in [3.8, 4) is 0 Å². The van der Waals surface area contributed by atoms with Gasteiger partial charge >= 0.3 is 17.9 Å². The second-order valence-electron chi connectivity index (χ2n) is 8.87. The van der Waals surface area contributed by atoms with Gasteiger partial charge in [-0.15, -0.1) is 11.8 Å². The summed E-state index contributed by atoms with van der Waals surface area (Å²) in [5.74, 6) is -5.48. The predicted molar refractivity (Wildman–Crippen MR) is 135 cm³/mol. The van der Waals surface area contributed by atoms with Crippen LogP contribution in [0, 0.1) is 0 Å². The molecule has 0 radical (unpaired) electrons. The predicted octanol–water partition coefficient (Wildman–Crippen LogP) is 0.301. The van der Waals surface area contributed by atoms with Crippen LogP contribution >= 0.6 is 11.8 Å². The van der Waals surface area contributed by atoms with Crippen molar-refractivity contribution >= 4 is 53.2 Å². The van der Waals surface area contributed by atoms with Crippen molar-refractivity contribution in [2.45, 2.75) is 50.1 Å². The van der Waals surface area contributed by atoms with E-state index in [0.29, 0.717) is 5.56 Å². The Hall–Kier alpha value is -4.20. The molecule has 2 unspecified atom stereocenters. The van der Waals surface area contributed by atoms with Crippen molar-refractivity contribution in [2.24, 2.45) is 0 Å². The van der Waals surface area contributed by atoms with Gasteiger partial charge in [0.25, 0.3) is 11.8 Å². The standard InChI is InChI=1S/C25H27N3O10S/c1-13(29)10-18(31)38-11-15-12-39-23-19(22(33)28(23)20(15)25(36)37)27-17(30)9-5-8-16(24(34)35)26-21(32)14-6-3-2-4-7-14/h2-4,6-7,16,19,23H,5,8-12H2,1H3,(H,26,32)(H,27,30)(H,34,35)(H,36,37)/t16?,19?,23-/m0/s1. The second kappa shape index (κ2) is 13.0. The number of rotatable bonds is 13. The van der Waals surface area contributed by atoms with Crippen LogP contribution in [0.25, 0.3) is 0 Å². The Morgan fingerprint density at radius 1 is 1.13 bits per heavy atom. The molecule has 1 aromatic rings. The normalized spacial score (nSPS) is 18.8. The zero-order chi connectivity index (χ0) is 28.7. The van der Waals surface area contributed by atoms with Gasteiger partial charge in [0.1, 0.15) is 42.0 Å². The summed E-state index contributed by atoms with van der Waals surface area (Å²) >= 11 is 1.18. The molecule has 0 aliphatic carbocycles. The molecule has 1 aromatic carbocycles. The average Bonchev–Trinajstić information content (AvgIpc) is 2.89. The molecule has 0 aromatic heterocycles. The van der Waals surface area contributed by atoms with E-state index in [2.05, 4.69) is 10.6 Å². The highest BCUT2D eigenvalue weighted by Gasteiger charge is 2.54. The number of Topliss-reactive ketones (excluding diaryl/α,β-unsaturated/α-hetero) is 1. The Balaban J connectivity index is 1.52. The van der Waals surface area contributed by atoms with Gasteiger partial charge in [-0.1, -0.05) is 18.2 Å². The van der Waals surface area contributed by atoms with Crippen LogP contribution in [0.4, 0.5) is 0 Å². The minimum atomic E-state index is -1.40. The largest absolute Gasteiger partial charge is 0.480 e. The number of β-lactam (4-membered cyclic amide) rings is 1. The van der Waals surface area contributed by atoms with Crippen molar-refractivity contribution in [3.63, 3.8) is 0 Å². The highest BCUT2D eigenvalue weighted by Crippen LogP contribution is 2.40. The lowest BCUT2D eigenvalue weighted by atomic mass is 10.0. The van der Waals surface area contributed by atoms with Gasteiger partial charge < -0.3 is 25.6 Å². The molecule has 4 N–H and O–H groups in total. The van der Waals surface area contributed by atoms with Crippen LogP contribution in [0.5, 0.6) is 0 Å². The molecule has 3 rings (SSSR count). The van der Waals surface area contributed by atoms with E-state index in [-0.39, 0.29) is 42.9 Å². The number of amides is 3. The highest BCUT2D eigenvalue weighted by molar-refractivity contribution is 8.00. The van der Waals surface area contributed by atoms with Crippen LogP contribution in [0.1, 0.15) is 43.0 Å². The molecular formula is C25H27N3O10S. The van der Waals surface area contributed by atoms with Crippen LogP contribution in [-0.2, 0) is 33.5 Å². The summed E-state index contributed by atoms with van der Waals surface area (Å²) in [5, 5.41) is 23.4. The number of benzene rings is 1. The minimum Gasteiger partial charge on any atom is -0.480 e. The Bertz CT molecular complexity index is 1220. The molecule has 13 nitrogen and oxygen atoms in total. The average molecular weight is 562 g/mol. The molecular weight excluding hydrogens is 534 g/mol. The topological polar surface area (TPSA) is 196 Å². The van der Waals surface area contributed by atoms with Crippen LogP contribution in [0.3, 0.4) is 0 Å². The summed E-state index contributed by atoms with van der Waals surface area (Å²) in [6, 6.07) is 5.89. The molecule has 14 heteroatoms. The van der Waals surface area contributed by atoms with E-state index in [9.17, 15) is 43.8 Å². The van der Waals surface area contributed by atoms with Gasteiger partial charge in [0, 0.05) is 23.3 Å². The number of carbonyl (C=O) groups is 7. The summed E-state index contributed by atoms with van der Waals surface area (Å²) < 4.78 is 4.97. The van der Waals surface area contributed by atoms with Gasteiger partial charge in [-0.3, -0.25) is 28.9 Å². The van der Waals surface area contributed by atoms with Crippen LogP contribution in [-0.4, -0.2) is 86.3 Å². The molecule has 3 atom stereocenters. The molecule has 2 aliphatic heterocycles. The molecule has 0 saturated carbocycles. The lowest BCUT2D eigenvalue weighted by Crippen LogP contribution is -2.70. The number of carboxylic acid groups (broad SMARTS) is 2. The van der Waals surface area contributed by atoms with Crippen molar-refractivity contribution in [1.82, 2.24) is 15.5 Å². The lowest BCUT2D eigenvalue weighted by molar-refractivity contribution is -0.151. The Labute approximate surface area is 226 Å². The maximum atomic E-state index is 12.7. The summed E-state index contributed by atoms with van der Waals surface area (Å²) in [7, 11) is 0. The summed E-state index contributed by atoms with van der Waals surface area (Å²) in [4.78, 5) is 84.6. The number of nitrogens with one attached hydrogen (secondary N) is 2. The van der Waals surface area contributed by atoms with Crippen molar-refractivity contribution in [2.75, 3.05) is 12.4 Å². The van der Waals surface area contributed by atoms with Gasteiger partial charge in [-0.05, 0) is 31.9 Å². The fourth-order valence-corrected chi connectivity index (χ4v) is 5.34. The summed E-state index contributed by atoms with van der Waals surface area (Å²) in [6.45, 7) is 0.825. The number of hydrogen-bond acceptors (Lipinski definition) is 9. The van der Waals surface area contributed by atoms with E-state index >= 15 is 0 Å². The third-order valence-corrected chi connectivity index (χ3v) is 7.24. The first kappa shape index (κ1) is 29.4. The van der Waals surface area contributed by atoms with Gasteiger partial charge in [0.2, 0.25) is 5.91 Å². The van der Waals surface area contributed by atoms with E-state index in [1.165, 1.54) is 18.7 Å². The maximum absolute atomic E-state index is 12.7. The quantitative estimate of drug-likeness (QED) is 0.147. The molecule has 2 aliphatic rings. The van der Waals surface area contributed by atoms with Crippen molar-refractivity contribution < 1.29 is 48.5 Å². The number of esters is 1. The lowest BCUT2D eigenvalue weighted by Gasteiger charge is -2.49. The number of ketones is 1. The number of carbonyl (C=O) groups excluding carboxylic acids is 5. The smallest absolute Gasteiger partial charge is 0.352 e. The first-order chi connectivity index (χ1) is 18.5. The molecule has 39 heavy (non-hydrogen) atoms. The Morgan fingerprint density at radius 3 is 2.44 bits per heavy atom. The number of hydrogen-bond donors (Lipinski definition) is 4. The monoisotopic (exact) mass is 561 g/mol. The van der Waals surface area contributed by atoms with Gasteiger partial charge in [-0.2, -0.15) is 0 Å². The molecule has 1 saturated heterocycles. The van der Waals surface area contributed by atoms with Crippen LogP contribution < -0.4 is 10.6 Å². The fourth-order valence-electron chi connectivity index (χ4n) is 4.02. The van der Waals surface area contributed by atoms with Crippen LogP contribution in [0.2, 0.25) is 0 Å². The van der Waals surface area contributed by atoms with E-state index < -0.39 is 65.3 Å². The van der Waals surface area contributed by atoms with Crippen molar-refractivity contribution in [3.05, 3.63) is 47.2 Å². The Kier molecular flexibility index (Phi) is 9.82. The zero-order valence-electron chi connectivity index (χ0n) is 20.9. The Morgan fingerprint density at radius 2 is 1.82 bits per heavy atom. The number of carboxylic acids is 2. The van der Waals surface area contributed by atoms with E-state index in [1.807, 2.05) is 0 Å². The number of ether oxygens (including phenoxy) is 1. The minimum absolute atomic E-state index is 0.0259. The first-order valence-corrected chi connectivity index (χ1v) is 13.0. The number of nitrogens with zero attached hydrogens (tertiary/aromatic N) is 1. The number of thioether (sulfide) groups is 1. The maximum Gasteiger partial charge on any atom is 0.352 e. The zero-order valence-corrected chi connectivity index (χ0v) is 21.7. The molecule has 3 amide bonds. The van der Waals surface area contributed by atoms with Crippen molar-refractivity contribution in [1.29, 1.82) is 0 Å². The molecule has 0 bridgehead atoms. The second-order valence-corrected chi connectivity index (χ2v) is 9.98. The van der Waals surface area contributed by atoms with Gasteiger partial charge in [0.05, 0.1) is 0 Å². The highest BCUT2D eigenvalue weighted by atomic mass is 32.2. The van der Waals surface area contributed by atoms with E-state index in [1.54, 1.807) is 30.3 Å². The third-order valence-electron chi connectivity index (χ3n) is 5.90. The van der Waals surface area contributed by atoms with Gasteiger partial charge in [0.15, 0.2) is 0 Å². The number of fused-ring (bicyclic) bond motifs is 1. The molecule has 2 heterocycles. The fraction of sp³-hybridized carbons (Fsp3) is 0.400. The molecule has 1 fully saturated rings. The SMILES string of the molecule is CC(=O)CC(=O)OCC1=C(C(=O)O)N2C(=O)C(NC(=O)CCCC(NC(=O)c3ccccc3)C(=O)O)[C@@H]2SC1. The third kappa shape index (κ3) is 7.44. The summed E-state index contributed by atoms with van der Waals surface area (Å²) in [5.41, 5.74) is 0.158. The summed E-state index contributed by atoms with van der Waals surface area (Å²) in [6.07, 6.45) is -0.488. The number of aliphatic carboxylic acids is 2. The van der Waals surface area contributed by atoms with E-state index in [0.717, 1.165) is 4.90 Å². The first-order valence-electron chi connectivity index (χ1n) is 11.9.